The lowest BCUT2D eigenvalue weighted by molar-refractivity contribution is 0.0581. The molecule has 6 nitrogen and oxygen atoms in total. The van der Waals surface area contributed by atoms with Gasteiger partial charge in [-0.1, -0.05) is 29.8 Å². The van der Waals surface area contributed by atoms with Crippen LogP contribution in [0.25, 0.3) is 0 Å². The molecule has 1 unspecified atom stereocenters. The van der Waals surface area contributed by atoms with E-state index in [0.717, 1.165) is 22.8 Å². The number of hydrogen-bond acceptors (Lipinski definition) is 5. The summed E-state index contributed by atoms with van der Waals surface area (Å²) < 4.78 is 11.6. The monoisotopic (exact) mass is 461 g/mol. The van der Waals surface area contributed by atoms with Gasteiger partial charge in [0.1, 0.15) is 23.0 Å². The zero-order valence-corrected chi connectivity index (χ0v) is 19.2. The van der Waals surface area contributed by atoms with Gasteiger partial charge in [0.2, 0.25) is 0 Å². The van der Waals surface area contributed by atoms with Gasteiger partial charge < -0.3 is 19.3 Å². The number of ether oxygens (including phenoxy) is 2. The van der Waals surface area contributed by atoms with Crippen molar-refractivity contribution >= 4 is 29.0 Å². The van der Waals surface area contributed by atoms with E-state index in [1.54, 1.807) is 31.4 Å². The number of fused-ring (bicyclic) bond motifs is 2. The molecule has 1 amide bonds. The highest BCUT2D eigenvalue weighted by Gasteiger charge is 2.32. The topological polar surface area (TPSA) is 54.4 Å². The second kappa shape index (κ2) is 8.79. The minimum atomic E-state index is -0.00808. The maximum atomic E-state index is 13.1. The summed E-state index contributed by atoms with van der Waals surface area (Å²) in [5.74, 6) is 2.94. The standard InChI is InChI=1S/C26H24ClN3O3/c1-17-16-29(12-13-30(17)26(31)18-6-5-7-19(27)14-18)25-21-11-10-20(32-2)15-24(21)33-23-9-4-3-8-22(23)28-25/h3-11,14-15,17H,12-13,16H2,1-2H3. The van der Waals surface area contributed by atoms with Crippen molar-refractivity contribution in [3.63, 3.8) is 0 Å². The Balaban J connectivity index is 1.46. The quantitative estimate of drug-likeness (QED) is 0.514. The summed E-state index contributed by atoms with van der Waals surface area (Å²) >= 11 is 6.10. The van der Waals surface area contributed by atoms with Crippen molar-refractivity contribution in [2.75, 3.05) is 26.7 Å². The molecule has 0 radical (unpaired) electrons. The summed E-state index contributed by atoms with van der Waals surface area (Å²) in [7, 11) is 1.64. The van der Waals surface area contributed by atoms with Crippen molar-refractivity contribution in [3.05, 3.63) is 82.9 Å². The highest BCUT2D eigenvalue weighted by atomic mass is 35.5. The summed E-state index contributed by atoms with van der Waals surface area (Å²) in [6.45, 7) is 3.95. The predicted octanol–water partition coefficient (Wildman–Crippen LogP) is 5.38. The number of piperazine rings is 1. The van der Waals surface area contributed by atoms with Gasteiger partial charge in [-0.15, -0.1) is 0 Å². The number of hydrogen-bond donors (Lipinski definition) is 0. The fraction of sp³-hybridized carbons (Fsp3) is 0.231. The Morgan fingerprint density at radius 1 is 1.06 bits per heavy atom. The first-order chi connectivity index (χ1) is 16.0. The predicted molar refractivity (Wildman–Crippen MR) is 129 cm³/mol. The SMILES string of the molecule is COc1ccc2c(c1)Oc1ccccc1N=C2N1CCN(C(=O)c2cccc(Cl)c2)C(C)C1. The molecule has 0 saturated carbocycles. The third kappa shape index (κ3) is 4.14. The summed E-state index contributed by atoms with van der Waals surface area (Å²) in [5, 5.41) is 0.561. The average Bonchev–Trinajstić information content (AvgIpc) is 2.99. The van der Waals surface area contributed by atoms with Gasteiger partial charge in [-0.05, 0) is 49.4 Å². The van der Waals surface area contributed by atoms with Crippen LogP contribution in [0.5, 0.6) is 17.2 Å². The molecule has 33 heavy (non-hydrogen) atoms. The third-order valence-electron chi connectivity index (χ3n) is 6.00. The van der Waals surface area contributed by atoms with Crippen molar-refractivity contribution in [2.24, 2.45) is 4.99 Å². The minimum Gasteiger partial charge on any atom is -0.497 e. The number of para-hydroxylation sites is 2. The fourth-order valence-corrected chi connectivity index (χ4v) is 4.50. The summed E-state index contributed by atoms with van der Waals surface area (Å²) in [4.78, 5) is 22.2. The molecule has 168 valence electrons. The molecule has 0 aliphatic carbocycles. The van der Waals surface area contributed by atoms with Crippen LogP contribution in [0.3, 0.4) is 0 Å². The van der Waals surface area contributed by atoms with Crippen molar-refractivity contribution in [1.82, 2.24) is 9.80 Å². The van der Waals surface area contributed by atoms with Gasteiger partial charge in [-0.3, -0.25) is 4.79 Å². The molecule has 5 rings (SSSR count). The Hall–Kier alpha value is -3.51. The first kappa shape index (κ1) is 21.3. The maximum absolute atomic E-state index is 13.1. The molecule has 7 heteroatoms. The smallest absolute Gasteiger partial charge is 0.254 e. The van der Waals surface area contributed by atoms with Crippen LogP contribution in [-0.4, -0.2) is 54.3 Å². The molecule has 3 aromatic rings. The Morgan fingerprint density at radius 3 is 2.70 bits per heavy atom. The second-order valence-corrected chi connectivity index (χ2v) is 8.61. The molecule has 0 bridgehead atoms. The van der Waals surface area contributed by atoms with E-state index in [1.807, 2.05) is 47.4 Å². The van der Waals surface area contributed by atoms with Crippen LogP contribution in [0.2, 0.25) is 5.02 Å². The highest BCUT2D eigenvalue weighted by Crippen LogP contribution is 2.39. The normalized spacial score (nSPS) is 17.3. The number of methoxy groups -OCH3 is 1. The lowest BCUT2D eigenvalue weighted by Gasteiger charge is -2.41. The summed E-state index contributed by atoms with van der Waals surface area (Å²) in [5.41, 5.74) is 2.27. The van der Waals surface area contributed by atoms with Gasteiger partial charge in [-0.2, -0.15) is 0 Å². The van der Waals surface area contributed by atoms with Gasteiger partial charge in [0.15, 0.2) is 5.75 Å². The molecule has 1 fully saturated rings. The largest absolute Gasteiger partial charge is 0.497 e. The number of aliphatic imine (C=N–C) groups is 1. The number of halogens is 1. The number of benzene rings is 3. The number of nitrogens with zero attached hydrogens (tertiary/aromatic N) is 3. The number of amidine groups is 1. The molecule has 3 aromatic carbocycles. The van der Waals surface area contributed by atoms with Crippen LogP contribution in [0.1, 0.15) is 22.8 Å². The third-order valence-corrected chi connectivity index (χ3v) is 6.24. The van der Waals surface area contributed by atoms with Crippen molar-refractivity contribution in [2.45, 2.75) is 13.0 Å². The first-order valence-electron chi connectivity index (χ1n) is 10.9. The number of rotatable bonds is 2. The Labute approximate surface area is 198 Å². The molecule has 2 aliphatic rings. The first-order valence-corrected chi connectivity index (χ1v) is 11.3. The second-order valence-electron chi connectivity index (χ2n) is 8.17. The van der Waals surface area contributed by atoms with Crippen molar-refractivity contribution in [1.29, 1.82) is 0 Å². The van der Waals surface area contributed by atoms with E-state index in [-0.39, 0.29) is 11.9 Å². The van der Waals surface area contributed by atoms with Crippen molar-refractivity contribution in [3.8, 4) is 17.2 Å². The van der Waals surface area contributed by atoms with Gasteiger partial charge in [0.05, 0.1) is 12.7 Å². The Bertz CT molecular complexity index is 1240. The summed E-state index contributed by atoms with van der Waals surface area (Å²) in [6, 6.07) is 20.6. The van der Waals surface area contributed by atoms with Crippen LogP contribution < -0.4 is 9.47 Å². The Morgan fingerprint density at radius 2 is 1.91 bits per heavy atom. The van der Waals surface area contributed by atoms with Gasteiger partial charge >= 0.3 is 0 Å². The zero-order valence-electron chi connectivity index (χ0n) is 18.5. The fourth-order valence-electron chi connectivity index (χ4n) is 4.31. The van der Waals surface area contributed by atoms with E-state index in [2.05, 4.69) is 11.8 Å². The molecule has 1 atom stereocenters. The van der Waals surface area contributed by atoms with E-state index < -0.39 is 0 Å². The summed E-state index contributed by atoms with van der Waals surface area (Å²) in [6.07, 6.45) is 0. The van der Waals surface area contributed by atoms with Gasteiger partial charge in [-0.25, -0.2) is 4.99 Å². The van der Waals surface area contributed by atoms with Crippen LogP contribution in [0.15, 0.2) is 71.7 Å². The molecular formula is C26H24ClN3O3. The lowest BCUT2D eigenvalue weighted by Crippen LogP contribution is -2.55. The van der Waals surface area contributed by atoms with Crippen LogP contribution in [0, 0.1) is 0 Å². The molecule has 0 N–H and O–H groups in total. The van der Waals surface area contributed by atoms with E-state index in [9.17, 15) is 4.79 Å². The minimum absolute atomic E-state index is 0.00551. The van der Waals surface area contributed by atoms with Crippen LogP contribution in [-0.2, 0) is 0 Å². The van der Waals surface area contributed by atoms with E-state index >= 15 is 0 Å². The lowest BCUT2D eigenvalue weighted by atomic mass is 10.1. The van der Waals surface area contributed by atoms with Gasteiger partial charge in [0.25, 0.3) is 5.91 Å². The number of carbonyl (C=O) groups excluding carboxylic acids is 1. The molecule has 1 saturated heterocycles. The van der Waals surface area contributed by atoms with E-state index in [4.69, 9.17) is 26.1 Å². The molecule has 0 spiro atoms. The zero-order chi connectivity index (χ0) is 22.9. The Kier molecular flexibility index (Phi) is 5.68. The van der Waals surface area contributed by atoms with Crippen LogP contribution >= 0.6 is 11.6 Å². The molecule has 2 aliphatic heterocycles. The average molecular weight is 462 g/mol. The number of carbonyl (C=O) groups is 1. The van der Waals surface area contributed by atoms with Gasteiger partial charge in [0, 0.05) is 42.3 Å². The van der Waals surface area contributed by atoms with Crippen LogP contribution in [0.4, 0.5) is 5.69 Å². The van der Waals surface area contributed by atoms with E-state index in [0.29, 0.717) is 41.7 Å². The molecule has 0 aromatic heterocycles. The molecular weight excluding hydrogens is 438 g/mol. The maximum Gasteiger partial charge on any atom is 0.254 e. The highest BCUT2D eigenvalue weighted by molar-refractivity contribution is 6.31. The molecule has 2 heterocycles. The van der Waals surface area contributed by atoms with E-state index in [1.165, 1.54) is 0 Å². The van der Waals surface area contributed by atoms with Crippen molar-refractivity contribution < 1.29 is 14.3 Å². The number of amides is 1.